The number of rotatable bonds is 5. The maximum absolute atomic E-state index is 11.9. The minimum atomic E-state index is -0.266. The van der Waals surface area contributed by atoms with Crippen LogP contribution in [0, 0.1) is 5.41 Å². The molecule has 0 aromatic heterocycles. The van der Waals surface area contributed by atoms with Gasteiger partial charge >= 0.3 is 6.03 Å². The maximum Gasteiger partial charge on any atom is 0.326 e. The van der Waals surface area contributed by atoms with Crippen molar-refractivity contribution in [3.63, 3.8) is 0 Å². The fourth-order valence-electron chi connectivity index (χ4n) is 3.15. The molecule has 1 unspecified atom stereocenters. The number of amides is 4. The molecule has 0 aromatic carbocycles. The van der Waals surface area contributed by atoms with Gasteiger partial charge in [0.1, 0.15) is 6.54 Å². The third kappa shape index (κ3) is 3.95. The van der Waals surface area contributed by atoms with E-state index in [2.05, 4.69) is 19.2 Å². The van der Waals surface area contributed by atoms with E-state index in [1.807, 2.05) is 0 Å². The van der Waals surface area contributed by atoms with E-state index >= 15 is 0 Å². The Kier molecular flexibility index (Phi) is 4.54. The van der Waals surface area contributed by atoms with Gasteiger partial charge in [0.25, 0.3) is 0 Å². The Morgan fingerprint density at radius 2 is 2.10 bits per heavy atom. The Morgan fingerprint density at radius 1 is 1.38 bits per heavy atom. The van der Waals surface area contributed by atoms with Crippen molar-refractivity contribution in [2.24, 2.45) is 5.41 Å². The summed E-state index contributed by atoms with van der Waals surface area (Å²) in [7, 11) is 1.61. The van der Waals surface area contributed by atoms with Gasteiger partial charge in [-0.3, -0.25) is 14.5 Å². The number of nitrogens with one attached hydrogen (secondary N) is 1. The molecule has 0 bridgehead atoms. The Hall–Kier alpha value is -1.59. The maximum atomic E-state index is 11.9. The zero-order valence-corrected chi connectivity index (χ0v) is 13.1. The molecule has 1 saturated heterocycles. The van der Waals surface area contributed by atoms with E-state index in [4.69, 9.17) is 0 Å². The standard InChI is InChI=1S/C15H25N3O3/c1-15(2)7-6-11(9-15)16-12(19)5-4-8-18-13(20)10-17(3)14(18)21/h11H,4-10H2,1-3H3,(H,16,19). The highest BCUT2D eigenvalue weighted by Gasteiger charge is 2.33. The summed E-state index contributed by atoms with van der Waals surface area (Å²) in [6.07, 6.45) is 4.07. The normalized spacial score (nSPS) is 24.8. The van der Waals surface area contributed by atoms with Crippen LogP contribution in [0.5, 0.6) is 0 Å². The lowest BCUT2D eigenvalue weighted by atomic mass is 9.92. The van der Waals surface area contributed by atoms with Crippen LogP contribution in [0.3, 0.4) is 0 Å². The molecule has 6 heteroatoms. The minimum absolute atomic E-state index is 0.0187. The second kappa shape index (κ2) is 6.03. The lowest BCUT2D eigenvalue weighted by Gasteiger charge is -2.18. The highest BCUT2D eigenvalue weighted by atomic mass is 16.2. The zero-order chi connectivity index (χ0) is 15.6. The molecule has 0 radical (unpaired) electrons. The summed E-state index contributed by atoms with van der Waals surface area (Å²) in [4.78, 5) is 37.8. The van der Waals surface area contributed by atoms with Crippen molar-refractivity contribution < 1.29 is 14.4 Å². The second-order valence-electron chi connectivity index (χ2n) is 6.96. The molecule has 2 fully saturated rings. The number of urea groups is 1. The van der Waals surface area contributed by atoms with E-state index in [9.17, 15) is 14.4 Å². The lowest BCUT2D eigenvalue weighted by Crippen LogP contribution is -2.35. The summed E-state index contributed by atoms with van der Waals surface area (Å²) >= 11 is 0. The monoisotopic (exact) mass is 295 g/mol. The first kappa shape index (κ1) is 15.8. The molecule has 2 rings (SSSR count). The second-order valence-corrected chi connectivity index (χ2v) is 6.96. The van der Waals surface area contributed by atoms with Crippen LogP contribution in [0.15, 0.2) is 0 Å². The van der Waals surface area contributed by atoms with Gasteiger partial charge in [-0.25, -0.2) is 4.79 Å². The molecule has 0 spiro atoms. The molecule has 2 aliphatic rings. The number of nitrogens with zero attached hydrogens (tertiary/aromatic N) is 2. The average molecular weight is 295 g/mol. The molecule has 1 aliphatic heterocycles. The van der Waals surface area contributed by atoms with E-state index in [-0.39, 0.29) is 30.4 Å². The van der Waals surface area contributed by atoms with Crippen LogP contribution < -0.4 is 5.32 Å². The first-order valence-electron chi connectivity index (χ1n) is 7.63. The van der Waals surface area contributed by atoms with Gasteiger partial charge in [-0.1, -0.05) is 13.8 Å². The minimum Gasteiger partial charge on any atom is -0.353 e. The number of carbonyl (C=O) groups is 3. The summed E-state index contributed by atoms with van der Waals surface area (Å²) in [5.41, 5.74) is 0.316. The fraction of sp³-hybridized carbons (Fsp3) is 0.800. The summed E-state index contributed by atoms with van der Waals surface area (Å²) in [5.74, 6) is -0.161. The molecule has 21 heavy (non-hydrogen) atoms. The zero-order valence-electron chi connectivity index (χ0n) is 13.1. The molecule has 0 aromatic rings. The third-order valence-electron chi connectivity index (χ3n) is 4.35. The van der Waals surface area contributed by atoms with Crippen molar-refractivity contribution in [3.8, 4) is 0 Å². The van der Waals surface area contributed by atoms with Crippen molar-refractivity contribution in [3.05, 3.63) is 0 Å². The molecule has 1 saturated carbocycles. The highest BCUT2D eigenvalue weighted by Crippen LogP contribution is 2.36. The van der Waals surface area contributed by atoms with Gasteiger partial charge in [0.05, 0.1) is 0 Å². The number of likely N-dealkylation sites (N-methyl/N-ethyl adjacent to an activating group) is 1. The van der Waals surface area contributed by atoms with Gasteiger partial charge in [0, 0.05) is 26.1 Å². The Morgan fingerprint density at radius 3 is 2.62 bits per heavy atom. The largest absolute Gasteiger partial charge is 0.353 e. The number of hydrogen-bond acceptors (Lipinski definition) is 3. The Bertz CT molecular complexity index is 447. The summed E-state index contributed by atoms with van der Waals surface area (Å²) in [5, 5.41) is 3.05. The van der Waals surface area contributed by atoms with Crippen molar-refractivity contribution in [1.29, 1.82) is 0 Å². The van der Waals surface area contributed by atoms with Crippen molar-refractivity contribution in [2.75, 3.05) is 20.1 Å². The van der Waals surface area contributed by atoms with Crippen LogP contribution in [-0.2, 0) is 9.59 Å². The molecule has 4 amide bonds. The molecule has 1 N–H and O–H groups in total. The van der Waals surface area contributed by atoms with E-state index in [1.54, 1.807) is 7.05 Å². The molecular formula is C15H25N3O3. The van der Waals surface area contributed by atoms with Crippen molar-refractivity contribution in [1.82, 2.24) is 15.1 Å². The van der Waals surface area contributed by atoms with Crippen LogP contribution in [0.25, 0.3) is 0 Å². The smallest absolute Gasteiger partial charge is 0.326 e. The predicted octanol–water partition coefficient (Wildman–Crippen LogP) is 1.36. The van der Waals surface area contributed by atoms with Gasteiger partial charge in [-0.15, -0.1) is 0 Å². The predicted molar refractivity (Wildman–Crippen MR) is 78.5 cm³/mol. The van der Waals surface area contributed by atoms with Crippen LogP contribution in [0.1, 0.15) is 46.0 Å². The lowest BCUT2D eigenvalue weighted by molar-refractivity contribution is -0.126. The molecule has 1 heterocycles. The van der Waals surface area contributed by atoms with Crippen LogP contribution >= 0.6 is 0 Å². The summed E-state index contributed by atoms with van der Waals surface area (Å²) < 4.78 is 0. The third-order valence-corrected chi connectivity index (χ3v) is 4.35. The first-order valence-corrected chi connectivity index (χ1v) is 7.63. The summed E-state index contributed by atoms with van der Waals surface area (Å²) in [6, 6.07) is 0.00614. The van der Waals surface area contributed by atoms with Crippen molar-refractivity contribution in [2.45, 2.75) is 52.0 Å². The van der Waals surface area contributed by atoms with E-state index in [0.717, 1.165) is 19.3 Å². The van der Waals surface area contributed by atoms with E-state index < -0.39 is 0 Å². The van der Waals surface area contributed by atoms with E-state index in [1.165, 1.54) is 9.80 Å². The van der Waals surface area contributed by atoms with Crippen LogP contribution in [0.2, 0.25) is 0 Å². The molecule has 118 valence electrons. The highest BCUT2D eigenvalue weighted by molar-refractivity contribution is 6.01. The number of imide groups is 1. The van der Waals surface area contributed by atoms with E-state index in [0.29, 0.717) is 24.8 Å². The topological polar surface area (TPSA) is 69.7 Å². The molecule has 1 aliphatic carbocycles. The van der Waals surface area contributed by atoms with Crippen LogP contribution in [-0.4, -0.2) is 53.8 Å². The fourth-order valence-corrected chi connectivity index (χ4v) is 3.15. The van der Waals surface area contributed by atoms with Gasteiger partial charge in [-0.2, -0.15) is 0 Å². The SMILES string of the molecule is CN1CC(=O)N(CCCC(=O)NC2CCC(C)(C)C2)C1=O. The van der Waals surface area contributed by atoms with Crippen molar-refractivity contribution >= 4 is 17.8 Å². The van der Waals surface area contributed by atoms with Gasteiger partial charge < -0.3 is 10.2 Å². The summed E-state index contributed by atoms with van der Waals surface area (Å²) in [6.45, 7) is 4.91. The average Bonchev–Trinajstić information content (AvgIpc) is 2.83. The van der Waals surface area contributed by atoms with Gasteiger partial charge in [-0.05, 0) is 31.1 Å². The van der Waals surface area contributed by atoms with Crippen LogP contribution in [0.4, 0.5) is 4.79 Å². The molecule has 1 atom stereocenters. The first-order chi connectivity index (χ1) is 9.78. The Labute approximate surface area is 125 Å². The quantitative estimate of drug-likeness (QED) is 0.779. The molecular weight excluding hydrogens is 270 g/mol. The number of carbonyl (C=O) groups excluding carboxylic acids is 3. The van der Waals surface area contributed by atoms with Gasteiger partial charge in [0.15, 0.2) is 0 Å². The van der Waals surface area contributed by atoms with Gasteiger partial charge in [0.2, 0.25) is 11.8 Å². The number of hydrogen-bond donors (Lipinski definition) is 1. The Balaban J connectivity index is 1.68. The molecule has 6 nitrogen and oxygen atoms in total.